The van der Waals surface area contributed by atoms with Gasteiger partial charge in [0.25, 0.3) is 5.95 Å². The summed E-state index contributed by atoms with van der Waals surface area (Å²) in [4.78, 5) is 18.4. The molecule has 0 radical (unpaired) electrons. The molecule has 1 fully saturated rings. The molecule has 1 saturated heterocycles. The van der Waals surface area contributed by atoms with Crippen LogP contribution in [-0.2, 0) is 11.2 Å². The van der Waals surface area contributed by atoms with Gasteiger partial charge in [0.2, 0.25) is 5.89 Å². The van der Waals surface area contributed by atoms with E-state index in [1.165, 1.54) is 16.8 Å². The predicted molar refractivity (Wildman–Crippen MR) is 113 cm³/mol. The maximum absolute atomic E-state index is 12.7. The molecule has 0 aliphatic carbocycles. The van der Waals surface area contributed by atoms with Crippen molar-refractivity contribution in [1.29, 1.82) is 0 Å². The van der Waals surface area contributed by atoms with Gasteiger partial charge in [0, 0.05) is 12.0 Å². The smallest absolute Gasteiger partial charge is 0.419 e. The predicted octanol–water partition coefficient (Wildman–Crippen LogP) is 4.42. The second-order valence-electron chi connectivity index (χ2n) is 8.25. The number of hydrogen-bond acceptors (Lipinski definition) is 7. The molecule has 11 heteroatoms. The van der Waals surface area contributed by atoms with Gasteiger partial charge in [0.1, 0.15) is 5.75 Å². The van der Waals surface area contributed by atoms with Crippen molar-refractivity contribution in [2.24, 2.45) is 0 Å². The van der Waals surface area contributed by atoms with Crippen molar-refractivity contribution in [2.45, 2.75) is 64.6 Å². The Morgan fingerprint density at radius 3 is 2.64 bits per heavy atom. The number of piperidine rings is 1. The fraction of sp³-hybridized carbons (Fsp3) is 0.545. The summed E-state index contributed by atoms with van der Waals surface area (Å²) in [5, 5.41) is 8.85. The highest BCUT2D eigenvalue weighted by Gasteiger charge is 2.42. The molecule has 178 valence electrons. The molecule has 1 aromatic carbocycles. The summed E-state index contributed by atoms with van der Waals surface area (Å²) in [5.41, 5.74) is 0.891. The molecule has 0 N–H and O–H groups in total. The Labute approximate surface area is 188 Å². The van der Waals surface area contributed by atoms with Gasteiger partial charge in [-0.3, -0.25) is 0 Å². The minimum atomic E-state index is -5.10. The number of likely N-dealkylation sites (tertiary alicyclic amines) is 1. The molecule has 1 aliphatic heterocycles. The molecule has 4 rings (SSSR count). The SMILES string of the molecule is CCc1nn(-c2noc(C3CCN(C(C)CC)CC3)n2)c2cccc(OC(=O)C(F)(F)F)c12. The van der Waals surface area contributed by atoms with Crippen LogP contribution >= 0.6 is 0 Å². The van der Waals surface area contributed by atoms with Gasteiger partial charge in [-0.2, -0.15) is 27.9 Å². The average molecular weight is 465 g/mol. The zero-order valence-electron chi connectivity index (χ0n) is 18.7. The van der Waals surface area contributed by atoms with E-state index in [1.807, 2.05) is 0 Å². The zero-order valence-corrected chi connectivity index (χ0v) is 18.7. The van der Waals surface area contributed by atoms with E-state index in [9.17, 15) is 18.0 Å². The second-order valence-corrected chi connectivity index (χ2v) is 8.25. The molecule has 3 heterocycles. The summed E-state index contributed by atoms with van der Waals surface area (Å²) in [7, 11) is 0. The first-order valence-electron chi connectivity index (χ1n) is 11.1. The van der Waals surface area contributed by atoms with Gasteiger partial charge < -0.3 is 14.2 Å². The topological polar surface area (TPSA) is 86.3 Å². The molecular weight excluding hydrogens is 439 g/mol. The molecule has 33 heavy (non-hydrogen) atoms. The fourth-order valence-corrected chi connectivity index (χ4v) is 4.18. The number of nitrogens with zero attached hydrogens (tertiary/aromatic N) is 5. The van der Waals surface area contributed by atoms with E-state index in [0.29, 0.717) is 35.0 Å². The Balaban J connectivity index is 1.62. The van der Waals surface area contributed by atoms with Crippen molar-refractivity contribution >= 4 is 16.9 Å². The fourth-order valence-electron chi connectivity index (χ4n) is 4.18. The maximum Gasteiger partial charge on any atom is 0.491 e. The summed E-state index contributed by atoms with van der Waals surface area (Å²) in [6.07, 6.45) is -1.78. The van der Waals surface area contributed by atoms with Gasteiger partial charge in [-0.05, 0) is 63.0 Å². The van der Waals surface area contributed by atoms with Crippen LogP contribution in [0.2, 0.25) is 0 Å². The van der Waals surface area contributed by atoms with Crippen molar-refractivity contribution in [3.63, 3.8) is 0 Å². The Hall–Kier alpha value is -2.95. The van der Waals surface area contributed by atoms with Crippen LogP contribution in [0, 0.1) is 0 Å². The van der Waals surface area contributed by atoms with E-state index in [4.69, 9.17) is 4.52 Å². The van der Waals surface area contributed by atoms with Gasteiger partial charge >= 0.3 is 12.1 Å². The molecule has 1 aliphatic rings. The minimum Gasteiger partial charge on any atom is -0.419 e. The Bertz CT molecular complexity index is 1130. The Morgan fingerprint density at radius 2 is 2.00 bits per heavy atom. The van der Waals surface area contributed by atoms with Gasteiger partial charge in [0.05, 0.1) is 16.6 Å². The van der Waals surface area contributed by atoms with Crippen molar-refractivity contribution in [2.75, 3.05) is 13.1 Å². The van der Waals surface area contributed by atoms with Crippen LogP contribution in [0.1, 0.15) is 57.5 Å². The zero-order chi connectivity index (χ0) is 23.8. The lowest BCUT2D eigenvalue weighted by Crippen LogP contribution is -2.39. The first kappa shape index (κ1) is 23.2. The van der Waals surface area contributed by atoms with Gasteiger partial charge in [-0.25, -0.2) is 4.79 Å². The summed E-state index contributed by atoms with van der Waals surface area (Å²) < 4.78 is 49.8. The highest BCUT2D eigenvalue weighted by Crippen LogP contribution is 2.33. The summed E-state index contributed by atoms with van der Waals surface area (Å²) in [5.74, 6) is -1.63. The number of esters is 1. The molecule has 2 aromatic heterocycles. The van der Waals surface area contributed by atoms with Crippen LogP contribution in [-0.4, -0.2) is 56.1 Å². The lowest BCUT2D eigenvalue weighted by atomic mass is 9.95. The molecule has 0 amide bonds. The van der Waals surface area contributed by atoms with Crippen LogP contribution in [0.4, 0.5) is 13.2 Å². The number of fused-ring (bicyclic) bond motifs is 1. The van der Waals surface area contributed by atoms with Crippen molar-refractivity contribution in [3.8, 4) is 11.7 Å². The summed E-state index contributed by atoms with van der Waals surface area (Å²) in [6.45, 7) is 8.11. The highest BCUT2D eigenvalue weighted by atomic mass is 19.4. The van der Waals surface area contributed by atoms with Crippen molar-refractivity contribution in [3.05, 3.63) is 29.8 Å². The first-order valence-corrected chi connectivity index (χ1v) is 11.1. The summed E-state index contributed by atoms with van der Waals surface area (Å²) >= 11 is 0. The normalized spacial score (nSPS) is 16.9. The third-order valence-electron chi connectivity index (χ3n) is 6.22. The molecule has 3 aromatic rings. The number of alkyl halides is 3. The third kappa shape index (κ3) is 4.59. The van der Waals surface area contributed by atoms with E-state index < -0.39 is 12.1 Å². The number of aromatic nitrogens is 4. The van der Waals surface area contributed by atoms with Crippen LogP contribution < -0.4 is 4.74 Å². The van der Waals surface area contributed by atoms with Gasteiger partial charge in [0.15, 0.2) is 0 Å². The van der Waals surface area contributed by atoms with Crippen LogP contribution in [0.5, 0.6) is 5.75 Å². The average Bonchev–Trinajstić information content (AvgIpc) is 3.43. The molecule has 8 nitrogen and oxygen atoms in total. The Kier molecular flexibility index (Phi) is 6.42. The van der Waals surface area contributed by atoms with E-state index in [1.54, 1.807) is 13.0 Å². The quantitative estimate of drug-likeness (QED) is 0.394. The molecule has 0 saturated carbocycles. The second kappa shape index (κ2) is 9.12. The number of ether oxygens (including phenoxy) is 1. The monoisotopic (exact) mass is 465 g/mol. The number of halogens is 3. The van der Waals surface area contributed by atoms with E-state index >= 15 is 0 Å². The number of carbonyl (C=O) groups excluding carboxylic acids is 1. The van der Waals surface area contributed by atoms with E-state index in [-0.39, 0.29) is 17.6 Å². The lowest BCUT2D eigenvalue weighted by Gasteiger charge is -2.34. The number of hydrogen-bond donors (Lipinski definition) is 0. The van der Waals surface area contributed by atoms with E-state index in [0.717, 1.165) is 32.4 Å². The van der Waals surface area contributed by atoms with Crippen molar-refractivity contribution in [1.82, 2.24) is 24.8 Å². The van der Waals surface area contributed by atoms with Gasteiger partial charge in [-0.1, -0.05) is 19.9 Å². The molecular formula is C22H26F3N5O3. The minimum absolute atomic E-state index is 0.141. The molecule has 0 spiro atoms. The number of carbonyl (C=O) groups is 1. The van der Waals surface area contributed by atoms with Gasteiger partial charge in [-0.15, -0.1) is 0 Å². The number of rotatable bonds is 6. The third-order valence-corrected chi connectivity index (χ3v) is 6.22. The molecule has 0 bridgehead atoms. The largest absolute Gasteiger partial charge is 0.491 e. The van der Waals surface area contributed by atoms with E-state index in [2.05, 4.69) is 38.7 Å². The highest BCUT2D eigenvalue weighted by molar-refractivity contribution is 5.92. The summed E-state index contributed by atoms with van der Waals surface area (Å²) in [6, 6.07) is 4.99. The number of benzene rings is 1. The number of aryl methyl sites for hydroxylation is 1. The molecule has 1 unspecified atom stereocenters. The first-order chi connectivity index (χ1) is 15.7. The maximum atomic E-state index is 12.7. The Morgan fingerprint density at radius 1 is 1.27 bits per heavy atom. The van der Waals surface area contributed by atoms with Crippen LogP contribution in [0.25, 0.3) is 16.9 Å². The lowest BCUT2D eigenvalue weighted by molar-refractivity contribution is -0.189. The van der Waals surface area contributed by atoms with Crippen LogP contribution in [0.3, 0.4) is 0 Å². The van der Waals surface area contributed by atoms with Crippen molar-refractivity contribution < 1.29 is 27.2 Å². The molecule has 1 atom stereocenters. The standard InChI is InChI=1S/C22H26F3N5O3/c1-4-13(3)29-11-9-14(10-12-29)19-26-21(28-33-19)30-16-7-6-8-17(18(16)15(5-2)27-30)32-20(31)22(23,24)25/h6-8,13-14H,4-5,9-12H2,1-3H3. The van der Waals surface area contributed by atoms with Crippen LogP contribution in [0.15, 0.2) is 22.7 Å².